The van der Waals surface area contributed by atoms with Crippen LogP contribution in [0.5, 0.6) is 0 Å². The zero-order valence-electron chi connectivity index (χ0n) is 5.73. The molecule has 0 saturated carbocycles. The second-order valence-electron chi connectivity index (χ2n) is 1.58. The van der Waals surface area contributed by atoms with E-state index < -0.39 is 13.8 Å². The monoisotopic (exact) mass is 168 g/mol. The molecule has 0 aliphatic heterocycles. The maximum Gasteiger partial charge on any atom is 0.514 e. The minimum Gasteiger partial charge on any atom is -0.434 e. The lowest BCUT2D eigenvalue weighted by molar-refractivity contribution is 0.100. The van der Waals surface area contributed by atoms with Crippen LogP contribution in [-0.2, 0) is 13.8 Å². The van der Waals surface area contributed by atoms with Gasteiger partial charge in [0.2, 0.25) is 0 Å². The number of carbonyl (C=O) groups excluding carboxylic acids is 1. The molecule has 60 valence electrons. The molecule has 0 heterocycles. The fraction of sp³-hybridized carbons (Fsp3) is 0.750. The third-order valence-corrected chi connectivity index (χ3v) is 0.994. The van der Waals surface area contributed by atoms with Crippen LogP contribution in [0, 0.1) is 0 Å². The van der Waals surface area contributed by atoms with E-state index in [0.29, 0.717) is 0 Å². The van der Waals surface area contributed by atoms with Gasteiger partial charge in [-0.25, -0.2) is 9.36 Å². The van der Waals surface area contributed by atoms with Crippen molar-refractivity contribution in [1.82, 2.24) is 0 Å². The number of carbonyl (C=O) groups is 1. The molecule has 5 nitrogen and oxygen atoms in total. The van der Waals surface area contributed by atoms with Gasteiger partial charge in [0.05, 0.1) is 6.61 Å². The van der Waals surface area contributed by atoms with E-state index in [0.717, 1.165) is 6.66 Å². The van der Waals surface area contributed by atoms with Crippen molar-refractivity contribution in [2.45, 2.75) is 6.92 Å². The normalized spacial score (nSPS) is 15.5. The second-order valence-corrected chi connectivity index (χ2v) is 3.37. The quantitative estimate of drug-likeness (QED) is 0.491. The molecule has 1 atom stereocenters. The van der Waals surface area contributed by atoms with E-state index in [2.05, 4.69) is 9.26 Å². The molecule has 0 aliphatic rings. The highest BCUT2D eigenvalue weighted by atomic mass is 31.2. The number of rotatable bonds is 2. The molecule has 10 heavy (non-hydrogen) atoms. The maximum absolute atomic E-state index is 10.3. The predicted octanol–water partition coefficient (Wildman–Crippen LogP) is 0.975. The molecule has 0 aromatic heterocycles. The van der Waals surface area contributed by atoms with Crippen LogP contribution < -0.4 is 0 Å². The van der Waals surface area contributed by atoms with Gasteiger partial charge in [0.1, 0.15) is 0 Å². The summed E-state index contributed by atoms with van der Waals surface area (Å²) in [6.45, 7) is 2.60. The standard InChI is InChI=1S/C4H9O5P/c1-3-8-4(5)9-10(2,6)7/h3H2,1-2H3,(H,6,7). The Morgan fingerprint density at radius 2 is 2.20 bits per heavy atom. The van der Waals surface area contributed by atoms with Gasteiger partial charge in [-0.3, -0.25) is 0 Å². The second kappa shape index (κ2) is 3.58. The van der Waals surface area contributed by atoms with Gasteiger partial charge in [-0.05, 0) is 6.92 Å². The van der Waals surface area contributed by atoms with Crippen molar-refractivity contribution in [2.75, 3.05) is 13.3 Å². The third-order valence-electron chi connectivity index (χ3n) is 0.506. The SMILES string of the molecule is CCOC(=O)OP(C)(=O)O. The van der Waals surface area contributed by atoms with Gasteiger partial charge in [0.25, 0.3) is 0 Å². The Balaban J connectivity index is 3.70. The van der Waals surface area contributed by atoms with Gasteiger partial charge < -0.3 is 14.2 Å². The summed E-state index contributed by atoms with van der Waals surface area (Å²) in [5, 5.41) is 0. The summed E-state index contributed by atoms with van der Waals surface area (Å²) in [4.78, 5) is 18.7. The summed E-state index contributed by atoms with van der Waals surface area (Å²) in [6, 6.07) is 0. The summed E-state index contributed by atoms with van der Waals surface area (Å²) >= 11 is 0. The zero-order valence-corrected chi connectivity index (χ0v) is 6.63. The molecule has 0 amide bonds. The van der Waals surface area contributed by atoms with Gasteiger partial charge in [-0.15, -0.1) is 0 Å². The van der Waals surface area contributed by atoms with Crippen molar-refractivity contribution in [3.63, 3.8) is 0 Å². The lowest BCUT2D eigenvalue weighted by atomic mass is 10.9. The molecule has 1 N–H and O–H groups in total. The van der Waals surface area contributed by atoms with E-state index in [1.54, 1.807) is 6.92 Å². The molecule has 1 unspecified atom stereocenters. The Kier molecular flexibility index (Phi) is 3.39. The number of hydrogen-bond acceptors (Lipinski definition) is 4. The summed E-state index contributed by atoms with van der Waals surface area (Å²) in [5.41, 5.74) is 0. The van der Waals surface area contributed by atoms with Gasteiger partial charge >= 0.3 is 13.8 Å². The summed E-state index contributed by atoms with van der Waals surface area (Å²) in [5.74, 6) is 0. The Morgan fingerprint density at radius 3 is 2.50 bits per heavy atom. The Morgan fingerprint density at radius 1 is 1.70 bits per heavy atom. The van der Waals surface area contributed by atoms with Crippen LogP contribution in [0.4, 0.5) is 4.79 Å². The molecule has 0 radical (unpaired) electrons. The molecular formula is C4H9O5P. The molecule has 0 aliphatic carbocycles. The van der Waals surface area contributed by atoms with Gasteiger partial charge in [-0.2, -0.15) is 0 Å². The van der Waals surface area contributed by atoms with Crippen LogP contribution in [0.3, 0.4) is 0 Å². The van der Waals surface area contributed by atoms with E-state index in [1.165, 1.54) is 0 Å². The third kappa shape index (κ3) is 5.59. The average molecular weight is 168 g/mol. The van der Waals surface area contributed by atoms with Crippen LogP contribution in [0.15, 0.2) is 0 Å². The van der Waals surface area contributed by atoms with Crippen molar-refractivity contribution < 1.29 is 23.5 Å². The minimum atomic E-state index is -3.73. The van der Waals surface area contributed by atoms with E-state index in [4.69, 9.17) is 4.89 Å². The van der Waals surface area contributed by atoms with E-state index in [9.17, 15) is 9.36 Å². The lowest BCUT2D eigenvalue weighted by Gasteiger charge is -2.05. The van der Waals surface area contributed by atoms with Gasteiger partial charge in [0, 0.05) is 6.66 Å². The summed E-state index contributed by atoms with van der Waals surface area (Å²) < 4.78 is 18.5. The number of ether oxygens (including phenoxy) is 1. The van der Waals surface area contributed by atoms with Crippen molar-refractivity contribution in [1.29, 1.82) is 0 Å². The molecular weight excluding hydrogens is 159 g/mol. The van der Waals surface area contributed by atoms with E-state index in [-0.39, 0.29) is 6.61 Å². The highest BCUT2D eigenvalue weighted by molar-refractivity contribution is 7.52. The number of hydrogen-bond donors (Lipinski definition) is 1. The first-order chi connectivity index (χ1) is 4.45. The Labute approximate surface area is 58.5 Å². The topological polar surface area (TPSA) is 72.8 Å². The highest BCUT2D eigenvalue weighted by Crippen LogP contribution is 2.36. The molecule has 0 saturated heterocycles. The van der Waals surface area contributed by atoms with E-state index >= 15 is 0 Å². The fourth-order valence-corrected chi connectivity index (χ4v) is 0.612. The van der Waals surface area contributed by atoms with Crippen LogP contribution in [0.25, 0.3) is 0 Å². The molecule has 0 aromatic carbocycles. The van der Waals surface area contributed by atoms with Crippen molar-refractivity contribution in [3.8, 4) is 0 Å². The highest BCUT2D eigenvalue weighted by Gasteiger charge is 2.16. The van der Waals surface area contributed by atoms with Crippen LogP contribution in [0.2, 0.25) is 0 Å². The van der Waals surface area contributed by atoms with Crippen molar-refractivity contribution in [3.05, 3.63) is 0 Å². The minimum absolute atomic E-state index is 0.124. The summed E-state index contributed by atoms with van der Waals surface area (Å²) in [6.07, 6.45) is -1.11. The first-order valence-electron chi connectivity index (χ1n) is 2.62. The molecule has 0 rings (SSSR count). The maximum atomic E-state index is 10.3. The van der Waals surface area contributed by atoms with Gasteiger partial charge in [-0.1, -0.05) is 0 Å². The largest absolute Gasteiger partial charge is 0.514 e. The lowest BCUT2D eigenvalue weighted by Crippen LogP contribution is -2.04. The molecule has 0 aromatic rings. The molecule has 0 bridgehead atoms. The van der Waals surface area contributed by atoms with Crippen LogP contribution >= 0.6 is 7.60 Å². The fourth-order valence-electron chi connectivity index (χ4n) is 0.283. The molecule has 6 heteroatoms. The molecule has 0 spiro atoms. The van der Waals surface area contributed by atoms with Crippen molar-refractivity contribution in [2.24, 2.45) is 0 Å². The zero-order chi connectivity index (χ0) is 8.20. The average Bonchev–Trinajstić information content (AvgIpc) is 1.59. The summed E-state index contributed by atoms with van der Waals surface area (Å²) in [7, 11) is -3.73. The Bertz CT molecular complexity index is 159. The first-order valence-corrected chi connectivity index (χ1v) is 4.65. The van der Waals surface area contributed by atoms with Crippen molar-refractivity contribution >= 4 is 13.8 Å². The molecule has 0 fully saturated rings. The predicted molar refractivity (Wildman–Crippen MR) is 33.9 cm³/mol. The van der Waals surface area contributed by atoms with Crippen LogP contribution in [-0.4, -0.2) is 24.3 Å². The Hall–Kier alpha value is -0.540. The first kappa shape index (κ1) is 9.46. The van der Waals surface area contributed by atoms with Crippen LogP contribution in [0.1, 0.15) is 6.92 Å². The smallest absolute Gasteiger partial charge is 0.434 e. The van der Waals surface area contributed by atoms with E-state index in [1.807, 2.05) is 0 Å². The van der Waals surface area contributed by atoms with Gasteiger partial charge in [0.15, 0.2) is 0 Å².